The first-order valence-corrected chi connectivity index (χ1v) is 9.25. The molecule has 0 saturated carbocycles. The number of rotatable bonds is 7. The van der Waals surface area contributed by atoms with Crippen LogP contribution in [0, 0.1) is 11.6 Å². The van der Waals surface area contributed by atoms with E-state index in [-0.39, 0.29) is 35.9 Å². The number of aliphatic imine (C=N–C) groups is 1. The molecule has 1 unspecified atom stereocenters. The minimum atomic E-state index is -0.871. The van der Waals surface area contributed by atoms with Crippen LogP contribution in [-0.2, 0) is 6.42 Å². The van der Waals surface area contributed by atoms with Crippen LogP contribution in [0.2, 0.25) is 0 Å². The molecule has 1 amide bonds. The van der Waals surface area contributed by atoms with Crippen molar-refractivity contribution < 1.29 is 13.6 Å². The highest BCUT2D eigenvalue weighted by atomic mass is 127. The summed E-state index contributed by atoms with van der Waals surface area (Å²) in [6.45, 7) is 4.98. The van der Waals surface area contributed by atoms with Gasteiger partial charge in [0.15, 0.2) is 17.6 Å². The Balaban J connectivity index is 0.00000420. The Hall–Kier alpha value is -2.23. The molecule has 0 spiro atoms. The number of carbonyl (C=O) groups excluding carboxylic acids is 1. The quantitative estimate of drug-likeness (QED) is 0.298. The van der Waals surface area contributed by atoms with Gasteiger partial charge in [-0.1, -0.05) is 18.2 Å². The molecule has 2 aromatic rings. The van der Waals surface area contributed by atoms with E-state index in [2.05, 4.69) is 20.9 Å². The minimum Gasteiger partial charge on any atom is -0.357 e. The Labute approximate surface area is 187 Å². The van der Waals surface area contributed by atoms with Gasteiger partial charge in [0.05, 0.1) is 6.04 Å². The third-order valence-electron chi connectivity index (χ3n) is 4.23. The fourth-order valence-corrected chi connectivity index (χ4v) is 2.70. The van der Waals surface area contributed by atoms with Gasteiger partial charge in [0, 0.05) is 25.7 Å². The minimum absolute atomic E-state index is 0. The molecule has 0 heterocycles. The van der Waals surface area contributed by atoms with Gasteiger partial charge in [0.1, 0.15) is 0 Å². The van der Waals surface area contributed by atoms with Crippen LogP contribution in [0.1, 0.15) is 41.4 Å². The molecule has 5 nitrogen and oxygen atoms in total. The second kappa shape index (κ2) is 12.4. The van der Waals surface area contributed by atoms with Gasteiger partial charge in [-0.2, -0.15) is 0 Å². The lowest BCUT2D eigenvalue weighted by atomic mass is 10.1. The van der Waals surface area contributed by atoms with E-state index in [9.17, 15) is 13.6 Å². The van der Waals surface area contributed by atoms with Crippen molar-refractivity contribution in [3.63, 3.8) is 0 Å². The first-order chi connectivity index (χ1) is 13.4. The van der Waals surface area contributed by atoms with Crippen molar-refractivity contribution in [1.82, 2.24) is 16.0 Å². The van der Waals surface area contributed by atoms with Crippen LogP contribution in [0.3, 0.4) is 0 Å². The summed E-state index contributed by atoms with van der Waals surface area (Å²) in [4.78, 5) is 16.3. The van der Waals surface area contributed by atoms with E-state index in [0.717, 1.165) is 11.6 Å². The monoisotopic (exact) mass is 516 g/mol. The molecule has 8 heteroatoms. The van der Waals surface area contributed by atoms with Crippen molar-refractivity contribution in [3.8, 4) is 0 Å². The van der Waals surface area contributed by atoms with Crippen LogP contribution in [0.5, 0.6) is 0 Å². The van der Waals surface area contributed by atoms with E-state index < -0.39 is 11.6 Å². The zero-order chi connectivity index (χ0) is 20.5. The van der Waals surface area contributed by atoms with Gasteiger partial charge in [-0.05, 0) is 55.7 Å². The number of guanidine groups is 1. The lowest BCUT2D eigenvalue weighted by Gasteiger charge is -2.18. The molecule has 0 aliphatic carbocycles. The number of nitrogens with zero attached hydrogens (tertiary/aromatic N) is 1. The zero-order valence-electron chi connectivity index (χ0n) is 16.8. The number of halogens is 3. The SMILES string of the molecule is CCNC(=NCCc1cccc(C(=O)NC)c1)NC(C)c1ccc(F)c(F)c1.I. The van der Waals surface area contributed by atoms with Crippen LogP contribution in [0.25, 0.3) is 0 Å². The Morgan fingerprint density at radius 2 is 1.90 bits per heavy atom. The molecule has 0 aromatic heterocycles. The maximum absolute atomic E-state index is 13.5. The maximum Gasteiger partial charge on any atom is 0.251 e. The van der Waals surface area contributed by atoms with E-state index in [0.29, 0.717) is 36.6 Å². The predicted molar refractivity (Wildman–Crippen MR) is 123 cm³/mol. The van der Waals surface area contributed by atoms with Crippen LogP contribution in [0.15, 0.2) is 47.5 Å². The highest BCUT2D eigenvalue weighted by Crippen LogP contribution is 2.15. The van der Waals surface area contributed by atoms with Gasteiger partial charge in [-0.3, -0.25) is 9.79 Å². The number of carbonyl (C=O) groups is 1. The Morgan fingerprint density at radius 1 is 1.14 bits per heavy atom. The van der Waals surface area contributed by atoms with E-state index in [1.165, 1.54) is 6.07 Å². The smallest absolute Gasteiger partial charge is 0.251 e. The lowest BCUT2D eigenvalue weighted by molar-refractivity contribution is 0.0963. The number of hydrogen-bond acceptors (Lipinski definition) is 2. The molecular weight excluding hydrogens is 489 g/mol. The average molecular weight is 516 g/mol. The Kier molecular flexibility index (Phi) is 10.6. The second-order valence-corrected chi connectivity index (χ2v) is 6.33. The first-order valence-electron chi connectivity index (χ1n) is 9.25. The molecule has 2 aromatic carbocycles. The highest BCUT2D eigenvalue weighted by Gasteiger charge is 2.11. The van der Waals surface area contributed by atoms with Crippen molar-refractivity contribution in [1.29, 1.82) is 0 Å². The van der Waals surface area contributed by atoms with Crippen LogP contribution in [-0.4, -0.2) is 32.0 Å². The van der Waals surface area contributed by atoms with E-state index >= 15 is 0 Å². The molecular formula is C21H27F2IN4O. The molecule has 158 valence electrons. The van der Waals surface area contributed by atoms with E-state index in [1.54, 1.807) is 19.2 Å². The molecule has 29 heavy (non-hydrogen) atoms. The van der Waals surface area contributed by atoms with Crippen molar-refractivity contribution in [2.75, 3.05) is 20.1 Å². The molecule has 3 N–H and O–H groups in total. The Bertz CT molecular complexity index is 845. The standard InChI is InChI=1S/C21H26F2N4O.HI/c1-4-25-21(27-14(2)16-8-9-18(22)19(23)13-16)26-11-10-15-6-5-7-17(12-15)20(28)24-3;/h5-9,12-14H,4,10-11H2,1-3H3,(H,24,28)(H2,25,26,27);1H. The summed E-state index contributed by atoms with van der Waals surface area (Å²) in [5.41, 5.74) is 2.25. The fourth-order valence-electron chi connectivity index (χ4n) is 2.70. The van der Waals surface area contributed by atoms with Crippen molar-refractivity contribution >= 4 is 35.8 Å². The van der Waals surface area contributed by atoms with E-state index in [1.807, 2.05) is 32.0 Å². The molecule has 0 fully saturated rings. The maximum atomic E-state index is 13.5. The van der Waals surface area contributed by atoms with Crippen LogP contribution >= 0.6 is 24.0 Å². The van der Waals surface area contributed by atoms with Crippen molar-refractivity contribution in [3.05, 3.63) is 70.8 Å². The average Bonchev–Trinajstić information content (AvgIpc) is 2.69. The number of nitrogens with one attached hydrogen (secondary N) is 3. The van der Waals surface area contributed by atoms with Crippen molar-refractivity contribution in [2.24, 2.45) is 4.99 Å². The topological polar surface area (TPSA) is 65.5 Å². The summed E-state index contributed by atoms with van der Waals surface area (Å²) in [6, 6.07) is 11.0. The van der Waals surface area contributed by atoms with Crippen molar-refractivity contribution in [2.45, 2.75) is 26.3 Å². The number of benzene rings is 2. The molecule has 2 rings (SSSR count). The number of amides is 1. The van der Waals surface area contributed by atoms with Gasteiger partial charge in [0.2, 0.25) is 0 Å². The zero-order valence-corrected chi connectivity index (χ0v) is 19.1. The summed E-state index contributed by atoms with van der Waals surface area (Å²) in [5.74, 6) is -1.28. The first kappa shape index (κ1) is 24.8. The fraction of sp³-hybridized carbons (Fsp3) is 0.333. The molecule has 0 bridgehead atoms. The summed E-state index contributed by atoms with van der Waals surface area (Å²) < 4.78 is 26.6. The third kappa shape index (κ3) is 7.60. The van der Waals surface area contributed by atoms with Crippen LogP contribution < -0.4 is 16.0 Å². The molecule has 0 saturated heterocycles. The van der Waals surface area contributed by atoms with Gasteiger partial charge in [0.25, 0.3) is 5.91 Å². The number of hydrogen-bond donors (Lipinski definition) is 3. The normalized spacial score (nSPS) is 12.0. The third-order valence-corrected chi connectivity index (χ3v) is 4.23. The Morgan fingerprint density at radius 3 is 2.55 bits per heavy atom. The van der Waals surface area contributed by atoms with Gasteiger partial charge in [-0.15, -0.1) is 24.0 Å². The lowest BCUT2D eigenvalue weighted by Crippen LogP contribution is -2.39. The second-order valence-electron chi connectivity index (χ2n) is 6.33. The van der Waals surface area contributed by atoms with Gasteiger partial charge in [-0.25, -0.2) is 8.78 Å². The molecule has 0 radical (unpaired) electrons. The van der Waals surface area contributed by atoms with Gasteiger partial charge < -0.3 is 16.0 Å². The van der Waals surface area contributed by atoms with E-state index in [4.69, 9.17) is 0 Å². The van der Waals surface area contributed by atoms with Crippen LogP contribution in [0.4, 0.5) is 8.78 Å². The molecule has 0 aliphatic heterocycles. The largest absolute Gasteiger partial charge is 0.357 e. The summed E-state index contributed by atoms with van der Waals surface area (Å²) in [7, 11) is 1.60. The predicted octanol–water partition coefficient (Wildman–Crippen LogP) is 3.80. The highest BCUT2D eigenvalue weighted by molar-refractivity contribution is 14.0. The van der Waals surface area contributed by atoms with Gasteiger partial charge >= 0.3 is 0 Å². The summed E-state index contributed by atoms with van der Waals surface area (Å²) in [5, 5.41) is 8.94. The summed E-state index contributed by atoms with van der Waals surface area (Å²) in [6.07, 6.45) is 0.668. The molecule has 1 atom stereocenters. The summed E-state index contributed by atoms with van der Waals surface area (Å²) >= 11 is 0. The molecule has 0 aliphatic rings.